The fraction of sp³-hybridized carbons (Fsp3) is 0.400. The van der Waals surface area contributed by atoms with E-state index in [1.54, 1.807) is 24.3 Å². The zero-order valence-electron chi connectivity index (χ0n) is 19.7. The second-order valence-corrected chi connectivity index (χ2v) is 10.00. The van der Waals surface area contributed by atoms with E-state index in [0.29, 0.717) is 27.0 Å². The van der Waals surface area contributed by atoms with Gasteiger partial charge in [-0.05, 0) is 75.9 Å². The highest BCUT2D eigenvalue weighted by Crippen LogP contribution is 2.37. The number of fused-ring (bicyclic) bond motifs is 1. The van der Waals surface area contributed by atoms with E-state index in [2.05, 4.69) is 11.9 Å². The minimum Gasteiger partial charge on any atom is -0.478 e. The quantitative estimate of drug-likeness (QED) is 0.628. The predicted octanol–water partition coefficient (Wildman–Crippen LogP) is 3.60. The molecule has 0 bridgehead atoms. The molecule has 0 aliphatic carbocycles. The van der Waals surface area contributed by atoms with Crippen molar-refractivity contribution in [2.75, 3.05) is 50.1 Å². The van der Waals surface area contributed by atoms with Gasteiger partial charge in [0.25, 0.3) is 0 Å². The lowest BCUT2D eigenvalue weighted by Gasteiger charge is -2.39. The fourth-order valence-corrected chi connectivity index (χ4v) is 5.09. The molecule has 2 aromatic rings. The first-order valence-corrected chi connectivity index (χ1v) is 12.2. The minimum atomic E-state index is -1.10. The van der Waals surface area contributed by atoms with Crippen LogP contribution >= 0.6 is 23.2 Å². The highest BCUT2D eigenvalue weighted by Gasteiger charge is 2.34. The molecule has 2 aliphatic rings. The standard InChI is InChI=1S/C25H28Cl2N4O4/c1-28-9-7-19(8-10-28)29(2)14-23(32)31-15-24(33)30(13-17-3-5-18(26)12-20(17)27)21-6-4-16(25(34)35)11-22(21)31/h3-6,11-12,19H,7-10,13-15H2,1-2H3,(H,34,35). The highest BCUT2D eigenvalue weighted by atomic mass is 35.5. The van der Waals surface area contributed by atoms with E-state index in [9.17, 15) is 19.5 Å². The van der Waals surface area contributed by atoms with Gasteiger partial charge in [0.1, 0.15) is 6.54 Å². The lowest BCUT2D eigenvalue weighted by molar-refractivity contribution is -0.123. The van der Waals surface area contributed by atoms with Crippen LogP contribution in [0.5, 0.6) is 0 Å². The number of anilines is 2. The van der Waals surface area contributed by atoms with Gasteiger partial charge in [-0.25, -0.2) is 4.79 Å². The Morgan fingerprint density at radius 2 is 1.80 bits per heavy atom. The number of likely N-dealkylation sites (tertiary alicyclic amines) is 1. The normalized spacial score (nSPS) is 17.1. The third kappa shape index (κ3) is 5.62. The molecular weight excluding hydrogens is 491 g/mol. The van der Waals surface area contributed by atoms with E-state index in [0.717, 1.165) is 25.9 Å². The van der Waals surface area contributed by atoms with Crippen LogP contribution < -0.4 is 9.80 Å². The molecule has 2 aromatic carbocycles. The van der Waals surface area contributed by atoms with Crippen molar-refractivity contribution in [3.8, 4) is 0 Å². The summed E-state index contributed by atoms with van der Waals surface area (Å²) in [5, 5.41) is 10.4. The van der Waals surface area contributed by atoms with Gasteiger partial charge in [0.05, 0.1) is 30.0 Å². The van der Waals surface area contributed by atoms with E-state index in [4.69, 9.17) is 23.2 Å². The number of carboxylic acids is 1. The molecule has 1 N–H and O–H groups in total. The molecule has 4 rings (SSSR count). The van der Waals surface area contributed by atoms with Gasteiger partial charge >= 0.3 is 5.97 Å². The molecule has 0 unspecified atom stereocenters. The molecular formula is C25H28Cl2N4O4. The Morgan fingerprint density at radius 3 is 2.46 bits per heavy atom. The number of piperidine rings is 1. The molecule has 0 radical (unpaired) electrons. The number of hydrogen-bond acceptors (Lipinski definition) is 5. The van der Waals surface area contributed by atoms with Crippen molar-refractivity contribution in [1.29, 1.82) is 0 Å². The molecule has 186 valence electrons. The number of hydrogen-bond donors (Lipinski definition) is 1. The summed E-state index contributed by atoms with van der Waals surface area (Å²) in [6.07, 6.45) is 1.93. The van der Waals surface area contributed by atoms with E-state index in [-0.39, 0.29) is 43.1 Å². The Labute approximate surface area is 214 Å². The van der Waals surface area contributed by atoms with Crippen LogP contribution in [-0.2, 0) is 16.1 Å². The number of likely N-dealkylation sites (N-methyl/N-ethyl adjacent to an activating group) is 1. The van der Waals surface area contributed by atoms with Gasteiger partial charge in [0.15, 0.2) is 0 Å². The Hall–Kier alpha value is -2.65. The van der Waals surface area contributed by atoms with Crippen molar-refractivity contribution in [2.45, 2.75) is 25.4 Å². The second kappa shape index (κ2) is 10.5. The van der Waals surface area contributed by atoms with Crippen molar-refractivity contribution >= 4 is 52.4 Å². The molecule has 10 heteroatoms. The summed E-state index contributed by atoms with van der Waals surface area (Å²) in [4.78, 5) is 45.5. The average molecular weight is 519 g/mol. The molecule has 0 aromatic heterocycles. The van der Waals surface area contributed by atoms with Crippen LogP contribution in [0.3, 0.4) is 0 Å². The van der Waals surface area contributed by atoms with Crippen molar-refractivity contribution in [2.24, 2.45) is 0 Å². The lowest BCUT2D eigenvalue weighted by atomic mass is 10.0. The molecule has 2 heterocycles. The lowest BCUT2D eigenvalue weighted by Crippen LogP contribution is -2.52. The summed E-state index contributed by atoms with van der Waals surface area (Å²) in [6, 6.07) is 9.79. The number of amides is 2. The summed E-state index contributed by atoms with van der Waals surface area (Å²) in [5.74, 6) is -1.62. The number of halogens is 2. The topological polar surface area (TPSA) is 84.4 Å². The number of rotatable bonds is 6. The summed E-state index contributed by atoms with van der Waals surface area (Å²) >= 11 is 12.3. The Balaban J connectivity index is 1.61. The molecule has 2 amide bonds. The number of carboxylic acid groups (broad SMARTS) is 1. The van der Waals surface area contributed by atoms with Gasteiger partial charge in [0, 0.05) is 16.1 Å². The van der Waals surface area contributed by atoms with Gasteiger partial charge in [-0.2, -0.15) is 0 Å². The van der Waals surface area contributed by atoms with Gasteiger partial charge in [-0.15, -0.1) is 0 Å². The van der Waals surface area contributed by atoms with Gasteiger partial charge in [-0.3, -0.25) is 19.4 Å². The molecule has 0 spiro atoms. The Bertz CT molecular complexity index is 1150. The molecule has 35 heavy (non-hydrogen) atoms. The largest absolute Gasteiger partial charge is 0.478 e. The van der Waals surface area contributed by atoms with Gasteiger partial charge < -0.3 is 14.9 Å². The number of aromatic carboxylic acids is 1. The first-order valence-electron chi connectivity index (χ1n) is 11.4. The van der Waals surface area contributed by atoms with Crippen LogP contribution in [0.2, 0.25) is 10.0 Å². The fourth-order valence-electron chi connectivity index (χ4n) is 4.62. The predicted molar refractivity (Wildman–Crippen MR) is 137 cm³/mol. The molecule has 1 saturated heterocycles. The maximum Gasteiger partial charge on any atom is 0.335 e. The summed E-state index contributed by atoms with van der Waals surface area (Å²) < 4.78 is 0. The van der Waals surface area contributed by atoms with Crippen molar-refractivity contribution in [3.05, 3.63) is 57.6 Å². The first-order chi connectivity index (χ1) is 16.6. The van der Waals surface area contributed by atoms with Crippen molar-refractivity contribution in [3.63, 3.8) is 0 Å². The zero-order valence-corrected chi connectivity index (χ0v) is 21.2. The van der Waals surface area contributed by atoms with Crippen LogP contribution in [0.1, 0.15) is 28.8 Å². The smallest absolute Gasteiger partial charge is 0.335 e. The SMILES string of the molecule is CN1CCC(N(C)CC(=O)N2CC(=O)N(Cc3ccc(Cl)cc3Cl)c3ccc(C(=O)O)cc32)CC1. The third-order valence-electron chi connectivity index (χ3n) is 6.74. The summed E-state index contributed by atoms with van der Waals surface area (Å²) in [6.45, 7) is 2.07. The number of benzene rings is 2. The minimum absolute atomic E-state index is 0.0454. The summed E-state index contributed by atoms with van der Waals surface area (Å²) in [5.41, 5.74) is 1.60. The van der Waals surface area contributed by atoms with E-state index in [1.807, 2.05) is 11.9 Å². The van der Waals surface area contributed by atoms with Crippen molar-refractivity contribution in [1.82, 2.24) is 9.80 Å². The molecule has 2 aliphatic heterocycles. The molecule has 0 atom stereocenters. The van der Waals surface area contributed by atoms with E-state index >= 15 is 0 Å². The van der Waals surface area contributed by atoms with Crippen LogP contribution in [0.4, 0.5) is 11.4 Å². The second-order valence-electron chi connectivity index (χ2n) is 9.15. The Morgan fingerprint density at radius 1 is 1.09 bits per heavy atom. The number of nitrogens with zero attached hydrogens (tertiary/aromatic N) is 4. The monoisotopic (exact) mass is 518 g/mol. The average Bonchev–Trinajstić information content (AvgIpc) is 2.81. The van der Waals surface area contributed by atoms with Gasteiger partial charge in [-0.1, -0.05) is 29.3 Å². The number of carbonyl (C=O) groups is 3. The van der Waals surface area contributed by atoms with Crippen LogP contribution in [0.25, 0.3) is 0 Å². The first kappa shape index (κ1) is 25.4. The highest BCUT2D eigenvalue weighted by molar-refractivity contribution is 6.35. The molecule has 0 saturated carbocycles. The van der Waals surface area contributed by atoms with E-state index < -0.39 is 5.97 Å². The van der Waals surface area contributed by atoms with Crippen molar-refractivity contribution < 1.29 is 19.5 Å². The molecule has 1 fully saturated rings. The van der Waals surface area contributed by atoms with E-state index in [1.165, 1.54) is 21.9 Å². The van der Waals surface area contributed by atoms with Gasteiger partial charge in [0.2, 0.25) is 11.8 Å². The van der Waals surface area contributed by atoms with Crippen LogP contribution in [-0.4, -0.2) is 79.0 Å². The maximum absolute atomic E-state index is 13.4. The summed E-state index contributed by atoms with van der Waals surface area (Å²) in [7, 11) is 4.00. The molecule has 8 nitrogen and oxygen atoms in total. The van der Waals surface area contributed by atoms with Crippen LogP contribution in [0, 0.1) is 0 Å². The maximum atomic E-state index is 13.4. The third-order valence-corrected chi connectivity index (χ3v) is 7.33. The zero-order chi connectivity index (χ0) is 25.3. The van der Waals surface area contributed by atoms with Crippen LogP contribution in [0.15, 0.2) is 36.4 Å². The Kier molecular flexibility index (Phi) is 7.66. The number of carbonyl (C=O) groups excluding carboxylic acids is 2.